The van der Waals surface area contributed by atoms with E-state index in [1.165, 1.54) is 0 Å². The topological polar surface area (TPSA) is 29.1 Å². The zero-order valence-electron chi connectivity index (χ0n) is 11.5. The van der Waals surface area contributed by atoms with Gasteiger partial charge in [-0.2, -0.15) is 0 Å². The molecule has 1 amide bonds. The summed E-state index contributed by atoms with van der Waals surface area (Å²) in [5, 5.41) is 3.10. The average molecular weight is 332 g/mol. The first-order chi connectivity index (χ1) is 9.69. The third-order valence-electron chi connectivity index (χ3n) is 3.20. The highest BCUT2D eigenvalue weighted by Crippen LogP contribution is 2.17. The van der Waals surface area contributed by atoms with E-state index >= 15 is 0 Å². The summed E-state index contributed by atoms with van der Waals surface area (Å²) < 4.78 is 0.998. The molecule has 0 aromatic heterocycles. The van der Waals surface area contributed by atoms with Gasteiger partial charge in [0, 0.05) is 4.47 Å². The summed E-state index contributed by atoms with van der Waals surface area (Å²) >= 11 is 3.42. The van der Waals surface area contributed by atoms with Gasteiger partial charge in [-0.05, 0) is 29.7 Å². The number of hydrogen-bond acceptors (Lipinski definition) is 1. The van der Waals surface area contributed by atoms with Crippen LogP contribution in [0.25, 0.3) is 0 Å². The monoisotopic (exact) mass is 331 g/mol. The van der Waals surface area contributed by atoms with E-state index < -0.39 is 0 Å². The Morgan fingerprint density at radius 1 is 1.15 bits per heavy atom. The van der Waals surface area contributed by atoms with Gasteiger partial charge in [0.05, 0.1) is 12.5 Å². The highest BCUT2D eigenvalue weighted by atomic mass is 79.9. The summed E-state index contributed by atoms with van der Waals surface area (Å²) in [5.41, 5.74) is 2.16. The Kier molecular flexibility index (Phi) is 5.36. The number of carbonyl (C=O) groups is 1. The number of nitrogens with one attached hydrogen (secondary N) is 1. The van der Waals surface area contributed by atoms with E-state index in [4.69, 9.17) is 0 Å². The van der Waals surface area contributed by atoms with Crippen LogP contribution in [0, 0.1) is 0 Å². The number of carbonyl (C=O) groups excluding carboxylic acids is 1. The van der Waals surface area contributed by atoms with Gasteiger partial charge in [0.2, 0.25) is 5.91 Å². The third kappa shape index (κ3) is 4.20. The normalized spacial score (nSPS) is 11.9. The second kappa shape index (κ2) is 7.25. The molecule has 0 radical (unpaired) electrons. The zero-order valence-corrected chi connectivity index (χ0v) is 13.1. The van der Waals surface area contributed by atoms with Crippen molar-refractivity contribution in [2.45, 2.75) is 25.8 Å². The van der Waals surface area contributed by atoms with Gasteiger partial charge in [-0.1, -0.05) is 65.3 Å². The molecule has 2 aromatic rings. The van der Waals surface area contributed by atoms with Crippen molar-refractivity contribution >= 4 is 21.8 Å². The van der Waals surface area contributed by atoms with E-state index in [-0.39, 0.29) is 11.9 Å². The first-order valence-corrected chi connectivity index (χ1v) is 7.57. The largest absolute Gasteiger partial charge is 0.349 e. The lowest BCUT2D eigenvalue weighted by molar-refractivity contribution is -0.121. The van der Waals surface area contributed by atoms with Crippen molar-refractivity contribution in [1.29, 1.82) is 0 Å². The van der Waals surface area contributed by atoms with Crippen LogP contribution >= 0.6 is 15.9 Å². The van der Waals surface area contributed by atoms with Crippen LogP contribution in [0.3, 0.4) is 0 Å². The van der Waals surface area contributed by atoms with Crippen molar-refractivity contribution < 1.29 is 4.79 Å². The predicted octanol–water partition coefficient (Wildman–Crippen LogP) is 4.26. The maximum Gasteiger partial charge on any atom is 0.224 e. The standard InChI is InChI=1S/C17H18BrNO/c1-2-16(14-8-4-3-5-9-14)19-17(20)12-13-7-6-10-15(18)11-13/h3-11,16H,2,12H2,1H3,(H,19,20). The van der Waals surface area contributed by atoms with Crippen LogP contribution in [0.1, 0.15) is 30.5 Å². The lowest BCUT2D eigenvalue weighted by Gasteiger charge is -2.17. The Balaban J connectivity index is 2.00. The molecule has 0 bridgehead atoms. The fourth-order valence-electron chi connectivity index (χ4n) is 2.18. The molecule has 20 heavy (non-hydrogen) atoms. The van der Waals surface area contributed by atoms with Crippen molar-refractivity contribution in [2.24, 2.45) is 0 Å². The molecule has 0 aliphatic heterocycles. The van der Waals surface area contributed by atoms with Gasteiger partial charge < -0.3 is 5.32 Å². The van der Waals surface area contributed by atoms with Crippen molar-refractivity contribution in [1.82, 2.24) is 5.32 Å². The van der Waals surface area contributed by atoms with Crippen molar-refractivity contribution in [2.75, 3.05) is 0 Å². The highest BCUT2D eigenvalue weighted by molar-refractivity contribution is 9.10. The second-order valence-electron chi connectivity index (χ2n) is 4.75. The summed E-state index contributed by atoms with van der Waals surface area (Å²) in [6, 6.07) is 18.0. The smallest absolute Gasteiger partial charge is 0.224 e. The van der Waals surface area contributed by atoms with Crippen LogP contribution in [0.15, 0.2) is 59.1 Å². The first kappa shape index (κ1) is 14.8. The van der Waals surface area contributed by atoms with Crippen LogP contribution < -0.4 is 5.32 Å². The minimum atomic E-state index is 0.0544. The van der Waals surface area contributed by atoms with Crippen LogP contribution in [0.4, 0.5) is 0 Å². The maximum absolute atomic E-state index is 12.1. The molecule has 104 valence electrons. The van der Waals surface area contributed by atoms with E-state index in [1.807, 2.05) is 54.6 Å². The number of rotatable bonds is 5. The summed E-state index contributed by atoms with van der Waals surface area (Å²) in [6.07, 6.45) is 1.29. The van der Waals surface area contributed by atoms with Crippen molar-refractivity contribution in [3.05, 3.63) is 70.2 Å². The molecule has 2 nitrogen and oxygen atoms in total. The zero-order chi connectivity index (χ0) is 14.4. The summed E-state index contributed by atoms with van der Waals surface area (Å²) in [4.78, 5) is 12.1. The molecule has 0 saturated heterocycles. The fourth-order valence-corrected chi connectivity index (χ4v) is 2.63. The van der Waals surface area contributed by atoms with Crippen molar-refractivity contribution in [3.63, 3.8) is 0 Å². The molecule has 0 saturated carbocycles. The highest BCUT2D eigenvalue weighted by Gasteiger charge is 2.12. The Labute approximate surface area is 128 Å². The molecule has 3 heteroatoms. The molecular weight excluding hydrogens is 314 g/mol. The SMILES string of the molecule is CCC(NC(=O)Cc1cccc(Br)c1)c1ccccc1. The van der Waals surface area contributed by atoms with Crippen LogP contribution in [-0.2, 0) is 11.2 Å². The average Bonchev–Trinajstić information content (AvgIpc) is 2.45. The molecule has 0 heterocycles. The molecule has 0 aliphatic carbocycles. The molecule has 1 unspecified atom stereocenters. The molecule has 0 fully saturated rings. The van der Waals surface area contributed by atoms with Gasteiger partial charge in [0.1, 0.15) is 0 Å². The summed E-state index contributed by atoms with van der Waals surface area (Å²) in [6.45, 7) is 2.08. The van der Waals surface area contributed by atoms with Gasteiger partial charge in [0.25, 0.3) is 0 Å². The quantitative estimate of drug-likeness (QED) is 0.871. The number of benzene rings is 2. The van der Waals surface area contributed by atoms with E-state index in [9.17, 15) is 4.79 Å². The minimum Gasteiger partial charge on any atom is -0.349 e. The van der Waals surface area contributed by atoms with Crippen LogP contribution in [0.5, 0.6) is 0 Å². The first-order valence-electron chi connectivity index (χ1n) is 6.77. The van der Waals surface area contributed by atoms with E-state index in [0.717, 1.165) is 22.0 Å². The molecule has 2 rings (SSSR count). The fraction of sp³-hybridized carbons (Fsp3) is 0.235. The molecule has 1 atom stereocenters. The predicted molar refractivity (Wildman–Crippen MR) is 85.5 cm³/mol. The third-order valence-corrected chi connectivity index (χ3v) is 3.69. The Hall–Kier alpha value is -1.61. The van der Waals surface area contributed by atoms with Crippen LogP contribution in [0.2, 0.25) is 0 Å². The van der Waals surface area contributed by atoms with E-state index in [1.54, 1.807) is 0 Å². The van der Waals surface area contributed by atoms with Gasteiger partial charge >= 0.3 is 0 Å². The Morgan fingerprint density at radius 3 is 2.55 bits per heavy atom. The second-order valence-corrected chi connectivity index (χ2v) is 5.66. The van der Waals surface area contributed by atoms with Crippen LogP contribution in [-0.4, -0.2) is 5.91 Å². The van der Waals surface area contributed by atoms with E-state index in [0.29, 0.717) is 6.42 Å². The van der Waals surface area contributed by atoms with E-state index in [2.05, 4.69) is 28.2 Å². The summed E-state index contributed by atoms with van der Waals surface area (Å²) in [5.74, 6) is 0.0544. The van der Waals surface area contributed by atoms with Gasteiger partial charge in [-0.3, -0.25) is 4.79 Å². The molecule has 2 aromatic carbocycles. The molecule has 0 spiro atoms. The Bertz CT molecular complexity index is 568. The Morgan fingerprint density at radius 2 is 1.90 bits per heavy atom. The lowest BCUT2D eigenvalue weighted by Crippen LogP contribution is -2.29. The van der Waals surface area contributed by atoms with Gasteiger partial charge in [0.15, 0.2) is 0 Å². The van der Waals surface area contributed by atoms with Gasteiger partial charge in [-0.25, -0.2) is 0 Å². The number of amides is 1. The number of halogens is 1. The molecule has 1 N–H and O–H groups in total. The lowest BCUT2D eigenvalue weighted by atomic mass is 10.0. The minimum absolute atomic E-state index is 0.0544. The summed E-state index contributed by atoms with van der Waals surface area (Å²) in [7, 11) is 0. The maximum atomic E-state index is 12.1. The number of hydrogen-bond donors (Lipinski definition) is 1. The molecular formula is C17H18BrNO. The molecule has 0 aliphatic rings. The van der Waals surface area contributed by atoms with Gasteiger partial charge in [-0.15, -0.1) is 0 Å². The van der Waals surface area contributed by atoms with Crippen molar-refractivity contribution in [3.8, 4) is 0 Å².